The van der Waals surface area contributed by atoms with E-state index in [0.717, 1.165) is 6.42 Å². The first-order valence-electron chi connectivity index (χ1n) is 7.38. The summed E-state index contributed by atoms with van der Waals surface area (Å²) in [5, 5.41) is 0. The zero-order valence-corrected chi connectivity index (χ0v) is 14.6. The normalized spacial score (nSPS) is 10.3. The number of carbonyl (C=O) groups is 1. The van der Waals surface area contributed by atoms with Crippen LogP contribution in [0.1, 0.15) is 5.56 Å². The summed E-state index contributed by atoms with van der Waals surface area (Å²) in [6.07, 6.45) is 4.07. The van der Waals surface area contributed by atoms with Gasteiger partial charge in [0.25, 0.3) is 0 Å². The van der Waals surface area contributed by atoms with Crippen LogP contribution >= 0.6 is 0 Å². The molecule has 0 N–H and O–H groups in total. The predicted octanol–water partition coefficient (Wildman–Crippen LogP) is 2.90. The van der Waals surface area contributed by atoms with Crippen LogP contribution in [-0.4, -0.2) is 32.3 Å². The third kappa shape index (κ3) is 6.14. The molecule has 0 spiro atoms. The average molecular weight is 368 g/mol. The zero-order valence-electron chi connectivity index (χ0n) is 12.9. The summed E-state index contributed by atoms with van der Waals surface area (Å²) in [6.45, 7) is 4.19. The van der Waals surface area contributed by atoms with Crippen LogP contribution in [0.25, 0.3) is 0 Å². The van der Waals surface area contributed by atoms with Crippen LogP contribution in [0.15, 0.2) is 90.2 Å². The Morgan fingerprint density at radius 1 is 1.09 bits per heavy atom. The molecule has 2 rings (SSSR count). The Bertz CT molecular complexity index is 688. The number of benzene rings is 2. The van der Waals surface area contributed by atoms with Crippen molar-refractivity contribution in [1.82, 2.24) is 4.90 Å². The van der Waals surface area contributed by atoms with E-state index < -0.39 is 0 Å². The van der Waals surface area contributed by atoms with E-state index in [1.54, 1.807) is 17.2 Å². The molecule has 0 atom stereocenters. The molecular formula is C20H19NOSe. The van der Waals surface area contributed by atoms with Gasteiger partial charge in [-0.1, -0.05) is 0 Å². The molecule has 0 aliphatic carbocycles. The minimum atomic E-state index is -0.0325. The van der Waals surface area contributed by atoms with Gasteiger partial charge in [0, 0.05) is 0 Å². The second-order valence-electron chi connectivity index (χ2n) is 4.83. The van der Waals surface area contributed by atoms with Gasteiger partial charge in [-0.3, -0.25) is 0 Å². The van der Waals surface area contributed by atoms with Crippen molar-refractivity contribution in [2.75, 3.05) is 6.54 Å². The monoisotopic (exact) mass is 369 g/mol. The summed E-state index contributed by atoms with van der Waals surface area (Å²) >= 11 is 0.167. The second kappa shape index (κ2) is 9.65. The number of rotatable bonds is 7. The molecule has 1 amide bonds. The van der Waals surface area contributed by atoms with Gasteiger partial charge in [0.05, 0.1) is 0 Å². The van der Waals surface area contributed by atoms with Gasteiger partial charge in [-0.25, -0.2) is 0 Å². The van der Waals surface area contributed by atoms with Crippen molar-refractivity contribution in [3.05, 3.63) is 95.8 Å². The molecule has 0 aromatic heterocycles. The number of carbonyl (C=O) groups excluding carboxylic acids is 1. The summed E-state index contributed by atoms with van der Waals surface area (Å²) in [5.74, 6) is -0.0325. The predicted molar refractivity (Wildman–Crippen MR) is 96.5 cm³/mol. The van der Waals surface area contributed by atoms with E-state index in [1.807, 2.05) is 41.4 Å². The third-order valence-electron chi connectivity index (χ3n) is 3.17. The molecular weight excluding hydrogens is 349 g/mol. The van der Waals surface area contributed by atoms with Gasteiger partial charge in [-0.15, -0.1) is 0 Å². The molecule has 0 heterocycles. The van der Waals surface area contributed by atoms with Crippen molar-refractivity contribution in [3.63, 3.8) is 0 Å². The maximum absolute atomic E-state index is 12.3. The molecule has 0 saturated carbocycles. The quantitative estimate of drug-likeness (QED) is 0.418. The van der Waals surface area contributed by atoms with Gasteiger partial charge < -0.3 is 0 Å². The number of amides is 1. The third-order valence-corrected chi connectivity index (χ3v) is 4.89. The van der Waals surface area contributed by atoms with Crippen LogP contribution in [0, 0.1) is 0 Å². The summed E-state index contributed by atoms with van der Waals surface area (Å²) in [6, 6.07) is 20.3. The van der Waals surface area contributed by atoms with Crippen molar-refractivity contribution in [3.8, 4) is 0 Å². The molecule has 0 unspecified atom stereocenters. The Hall–Kier alpha value is -2.31. The molecule has 23 heavy (non-hydrogen) atoms. The summed E-state index contributed by atoms with van der Waals surface area (Å²) < 4.78 is 1.25. The van der Waals surface area contributed by atoms with E-state index in [1.165, 1.54) is 10.0 Å². The van der Waals surface area contributed by atoms with Crippen molar-refractivity contribution < 1.29 is 4.79 Å². The molecule has 0 radical (unpaired) electrons. The van der Waals surface area contributed by atoms with Crippen LogP contribution in [-0.2, 0) is 11.2 Å². The van der Waals surface area contributed by atoms with Gasteiger partial charge in [-0.2, -0.15) is 0 Å². The summed E-state index contributed by atoms with van der Waals surface area (Å²) in [7, 11) is 0. The summed E-state index contributed by atoms with van der Waals surface area (Å²) in [5.41, 5.74) is 3.90. The topological polar surface area (TPSA) is 20.3 Å². The Morgan fingerprint density at radius 2 is 1.74 bits per heavy atom. The van der Waals surface area contributed by atoms with Crippen molar-refractivity contribution in [2.45, 2.75) is 6.42 Å². The fourth-order valence-electron chi connectivity index (χ4n) is 2.01. The van der Waals surface area contributed by atoms with E-state index >= 15 is 0 Å². The molecule has 0 bridgehead atoms. The van der Waals surface area contributed by atoms with E-state index in [0.29, 0.717) is 6.54 Å². The molecule has 0 aliphatic rings. The Labute approximate surface area is 144 Å². The average Bonchev–Trinajstić information content (AvgIpc) is 2.60. The van der Waals surface area contributed by atoms with Crippen molar-refractivity contribution >= 4 is 25.3 Å². The molecule has 0 saturated heterocycles. The van der Waals surface area contributed by atoms with Crippen LogP contribution in [0.4, 0.5) is 0 Å². The van der Waals surface area contributed by atoms with E-state index in [-0.39, 0.29) is 20.9 Å². The minimum absolute atomic E-state index is 0.0325. The Balaban J connectivity index is 1.91. The molecule has 0 aliphatic heterocycles. The van der Waals surface area contributed by atoms with E-state index in [9.17, 15) is 4.79 Å². The van der Waals surface area contributed by atoms with Crippen LogP contribution in [0.5, 0.6) is 0 Å². The molecule has 3 heteroatoms. The van der Waals surface area contributed by atoms with Gasteiger partial charge in [0.1, 0.15) is 0 Å². The SMILES string of the molecule is C=C=CN(CCc1ccccc1)C(=O)/C=C\[Se]c1ccccc1. The first kappa shape index (κ1) is 17.0. The maximum atomic E-state index is 12.3. The van der Waals surface area contributed by atoms with Gasteiger partial charge in [-0.05, 0) is 0 Å². The van der Waals surface area contributed by atoms with Crippen molar-refractivity contribution in [2.24, 2.45) is 0 Å². The standard InChI is InChI=1S/C20H19NOSe/c1-2-15-21(16-13-18-9-5-3-6-10-18)20(22)14-17-23-19-11-7-4-8-12-19/h3-12,14-15,17H,1,13,16H2/b17-14-. The molecule has 0 fully saturated rings. The van der Waals surface area contributed by atoms with E-state index in [2.05, 4.69) is 36.6 Å². The van der Waals surface area contributed by atoms with Gasteiger partial charge in [0.2, 0.25) is 0 Å². The second-order valence-corrected chi connectivity index (χ2v) is 6.89. The number of hydrogen-bond acceptors (Lipinski definition) is 1. The first-order valence-corrected chi connectivity index (χ1v) is 9.23. The fourth-order valence-corrected chi connectivity index (χ4v) is 3.38. The van der Waals surface area contributed by atoms with Gasteiger partial charge in [0.15, 0.2) is 0 Å². The Kier molecular flexibility index (Phi) is 7.16. The van der Waals surface area contributed by atoms with Crippen LogP contribution < -0.4 is 4.46 Å². The number of nitrogens with zero attached hydrogens (tertiary/aromatic N) is 1. The van der Waals surface area contributed by atoms with Gasteiger partial charge >= 0.3 is 144 Å². The Morgan fingerprint density at radius 3 is 2.39 bits per heavy atom. The van der Waals surface area contributed by atoms with Crippen molar-refractivity contribution in [1.29, 1.82) is 0 Å². The zero-order chi connectivity index (χ0) is 16.3. The van der Waals surface area contributed by atoms with Crippen LogP contribution in [0.2, 0.25) is 0 Å². The molecule has 2 aromatic carbocycles. The first-order chi connectivity index (χ1) is 11.3. The summed E-state index contributed by atoms with van der Waals surface area (Å²) in [4.78, 5) is 15.9. The molecule has 2 nitrogen and oxygen atoms in total. The number of hydrogen-bond donors (Lipinski definition) is 0. The van der Waals surface area contributed by atoms with Crippen LogP contribution in [0.3, 0.4) is 0 Å². The fraction of sp³-hybridized carbons (Fsp3) is 0.100. The van der Waals surface area contributed by atoms with E-state index in [4.69, 9.17) is 0 Å². The molecule has 116 valence electrons. The molecule has 2 aromatic rings.